The molecule has 0 aliphatic heterocycles. The fourth-order valence-corrected chi connectivity index (χ4v) is 3.56. The van der Waals surface area contributed by atoms with E-state index in [0.29, 0.717) is 0 Å². The van der Waals surface area contributed by atoms with Crippen LogP contribution in [0.4, 0.5) is 17.6 Å². The average molecular weight is 428 g/mol. The number of nitrogens with zero attached hydrogens (tertiary/aromatic N) is 4. The first-order chi connectivity index (χ1) is 15.3. The van der Waals surface area contributed by atoms with Gasteiger partial charge in [-0.1, -0.05) is 43.3 Å². The highest BCUT2D eigenvalue weighted by Crippen LogP contribution is 2.21. The van der Waals surface area contributed by atoms with Crippen LogP contribution in [0.3, 0.4) is 0 Å². The summed E-state index contributed by atoms with van der Waals surface area (Å²) in [4.78, 5) is 20.1. The molecule has 4 aromatic rings. The third kappa shape index (κ3) is 4.23. The van der Waals surface area contributed by atoms with Crippen LogP contribution >= 0.6 is 0 Å². The van der Waals surface area contributed by atoms with E-state index in [4.69, 9.17) is 22.5 Å². The predicted octanol–water partition coefficient (Wildman–Crippen LogP) is 3.26. The largest absolute Gasteiger partial charge is 0.382 e. The van der Waals surface area contributed by atoms with E-state index in [0.717, 1.165) is 39.7 Å². The van der Waals surface area contributed by atoms with Gasteiger partial charge in [-0.05, 0) is 48.9 Å². The maximum absolute atomic E-state index is 13.0. The zero-order valence-corrected chi connectivity index (χ0v) is 18.3. The van der Waals surface area contributed by atoms with Crippen molar-refractivity contribution >= 4 is 28.4 Å². The van der Waals surface area contributed by atoms with Gasteiger partial charge in [-0.3, -0.25) is 9.36 Å². The molecule has 0 spiro atoms. The lowest BCUT2D eigenvalue weighted by Gasteiger charge is -2.16. The first-order valence-corrected chi connectivity index (χ1v) is 10.1. The topological polar surface area (TPSA) is 150 Å². The van der Waals surface area contributed by atoms with Gasteiger partial charge in [0.15, 0.2) is 0 Å². The summed E-state index contributed by atoms with van der Waals surface area (Å²) in [6.07, 6.45) is 0.827. The molecule has 0 bridgehead atoms. The van der Waals surface area contributed by atoms with Crippen LogP contribution in [0.15, 0.2) is 53.3 Å². The van der Waals surface area contributed by atoms with Gasteiger partial charge in [0.2, 0.25) is 5.95 Å². The molecule has 0 atom stereocenters. The van der Waals surface area contributed by atoms with Gasteiger partial charge in [0, 0.05) is 5.69 Å². The van der Waals surface area contributed by atoms with Crippen molar-refractivity contribution in [3.05, 3.63) is 81.3 Å². The van der Waals surface area contributed by atoms with Gasteiger partial charge in [0.05, 0.1) is 11.1 Å². The molecule has 0 amide bonds. The third-order valence-electron chi connectivity index (χ3n) is 5.14. The van der Waals surface area contributed by atoms with Gasteiger partial charge in [-0.15, -0.1) is 0 Å². The van der Waals surface area contributed by atoms with Crippen LogP contribution in [-0.2, 0) is 6.42 Å². The number of para-hydroxylation sites is 1. The molecule has 2 heterocycles. The summed E-state index contributed by atoms with van der Waals surface area (Å²) in [5.74, 6) is -0.00556. The zero-order valence-electron chi connectivity index (χ0n) is 18.3. The SMILES string of the molecule is CCc1cc2cccc(C)c2c(=O)n1-c1ccccc1C.N#Cc1c(N)nc(N)nc1N. The van der Waals surface area contributed by atoms with Crippen LogP contribution in [0.2, 0.25) is 0 Å². The lowest BCUT2D eigenvalue weighted by atomic mass is 10.0. The molecule has 6 N–H and O–H groups in total. The predicted molar refractivity (Wildman–Crippen MR) is 128 cm³/mol. The molecule has 0 radical (unpaired) electrons. The average Bonchev–Trinajstić information content (AvgIpc) is 2.74. The highest BCUT2D eigenvalue weighted by atomic mass is 16.1. The van der Waals surface area contributed by atoms with Crippen LogP contribution < -0.4 is 22.8 Å². The Bertz CT molecular complexity index is 1380. The maximum Gasteiger partial charge on any atom is 0.263 e. The van der Waals surface area contributed by atoms with Crippen LogP contribution in [0, 0.1) is 25.2 Å². The summed E-state index contributed by atoms with van der Waals surface area (Å²) in [6.45, 7) is 6.13. The number of hydrogen-bond acceptors (Lipinski definition) is 7. The molecular weight excluding hydrogens is 402 g/mol. The van der Waals surface area contributed by atoms with Crippen LogP contribution in [0.1, 0.15) is 29.3 Å². The molecule has 0 unspecified atom stereocenters. The Labute approximate surface area is 186 Å². The van der Waals surface area contributed by atoms with Crippen LogP contribution in [-0.4, -0.2) is 14.5 Å². The molecule has 8 nitrogen and oxygen atoms in total. The number of aryl methyl sites for hydroxylation is 3. The van der Waals surface area contributed by atoms with Crippen molar-refractivity contribution in [1.29, 1.82) is 5.26 Å². The van der Waals surface area contributed by atoms with E-state index >= 15 is 0 Å². The van der Waals surface area contributed by atoms with Gasteiger partial charge in [-0.25, -0.2) is 0 Å². The number of benzene rings is 2. The summed E-state index contributed by atoms with van der Waals surface area (Å²) in [7, 11) is 0. The molecule has 0 aliphatic rings. The number of anilines is 3. The van der Waals surface area contributed by atoms with E-state index in [-0.39, 0.29) is 28.7 Å². The number of nitriles is 1. The van der Waals surface area contributed by atoms with Crippen molar-refractivity contribution in [1.82, 2.24) is 14.5 Å². The van der Waals surface area contributed by atoms with Crippen molar-refractivity contribution < 1.29 is 0 Å². The van der Waals surface area contributed by atoms with Gasteiger partial charge in [0.1, 0.15) is 23.3 Å². The Morgan fingerprint density at radius 3 is 2.19 bits per heavy atom. The van der Waals surface area contributed by atoms with E-state index in [1.165, 1.54) is 0 Å². The van der Waals surface area contributed by atoms with Crippen molar-refractivity contribution in [2.24, 2.45) is 0 Å². The standard InChI is InChI=1S/C19H19NO.C5H6N6/c1-4-16-12-15-10-7-9-14(3)18(15)19(21)20(16)17-11-6-5-8-13(17)2;6-1-2-3(7)10-5(9)11-4(2)8/h5-12H,4H2,1-3H3;(H6,7,8,9,10,11). The molecule has 0 aliphatic carbocycles. The van der Waals surface area contributed by atoms with Crippen molar-refractivity contribution in [2.45, 2.75) is 27.2 Å². The molecule has 8 heteroatoms. The minimum absolute atomic E-state index is 0.0116. The van der Waals surface area contributed by atoms with Gasteiger partial charge < -0.3 is 17.2 Å². The first-order valence-electron chi connectivity index (χ1n) is 10.1. The van der Waals surface area contributed by atoms with Crippen molar-refractivity contribution in [3.8, 4) is 11.8 Å². The zero-order chi connectivity index (χ0) is 23.4. The number of hydrogen-bond donors (Lipinski definition) is 3. The summed E-state index contributed by atoms with van der Waals surface area (Å²) in [5, 5.41) is 10.3. The number of nitrogens with two attached hydrogens (primary N) is 3. The molecule has 0 saturated carbocycles. The molecule has 0 fully saturated rings. The Morgan fingerprint density at radius 2 is 1.59 bits per heavy atom. The quantitative estimate of drug-likeness (QED) is 0.444. The Hall–Kier alpha value is -4.38. The fraction of sp³-hybridized carbons (Fsp3) is 0.167. The van der Waals surface area contributed by atoms with E-state index in [1.54, 1.807) is 6.07 Å². The molecular formula is C24H25N7O. The summed E-state index contributed by atoms with van der Waals surface area (Å²) >= 11 is 0. The highest BCUT2D eigenvalue weighted by Gasteiger charge is 2.12. The lowest BCUT2D eigenvalue weighted by molar-refractivity contribution is 0.882. The summed E-state index contributed by atoms with van der Waals surface area (Å²) < 4.78 is 1.87. The van der Waals surface area contributed by atoms with Crippen LogP contribution in [0.5, 0.6) is 0 Å². The smallest absolute Gasteiger partial charge is 0.263 e. The molecule has 162 valence electrons. The third-order valence-corrected chi connectivity index (χ3v) is 5.14. The van der Waals surface area contributed by atoms with E-state index in [1.807, 2.05) is 60.9 Å². The molecule has 0 saturated heterocycles. The van der Waals surface area contributed by atoms with E-state index in [9.17, 15) is 4.79 Å². The first kappa shape index (κ1) is 22.3. The summed E-state index contributed by atoms with van der Waals surface area (Å²) in [5.41, 5.74) is 20.1. The Balaban J connectivity index is 0.000000222. The second-order valence-corrected chi connectivity index (χ2v) is 7.29. The normalized spacial score (nSPS) is 10.3. The van der Waals surface area contributed by atoms with Gasteiger partial charge in [-0.2, -0.15) is 15.2 Å². The second kappa shape index (κ2) is 9.18. The van der Waals surface area contributed by atoms with Crippen LogP contribution in [0.25, 0.3) is 16.5 Å². The molecule has 32 heavy (non-hydrogen) atoms. The van der Waals surface area contributed by atoms with Gasteiger partial charge >= 0.3 is 0 Å². The number of nitrogen functional groups attached to an aromatic ring is 3. The molecule has 2 aromatic heterocycles. The maximum atomic E-state index is 13.0. The number of rotatable bonds is 2. The summed E-state index contributed by atoms with van der Waals surface area (Å²) in [6, 6.07) is 18.0. The van der Waals surface area contributed by atoms with E-state index < -0.39 is 0 Å². The lowest BCUT2D eigenvalue weighted by Crippen LogP contribution is -2.23. The number of aromatic nitrogens is 3. The monoisotopic (exact) mass is 427 g/mol. The Kier molecular flexibility index (Phi) is 6.40. The number of fused-ring (bicyclic) bond motifs is 1. The van der Waals surface area contributed by atoms with Gasteiger partial charge in [0.25, 0.3) is 5.56 Å². The van der Waals surface area contributed by atoms with E-state index in [2.05, 4.69) is 23.0 Å². The second-order valence-electron chi connectivity index (χ2n) is 7.29. The molecule has 4 rings (SSSR count). The Morgan fingerprint density at radius 1 is 0.969 bits per heavy atom. The van der Waals surface area contributed by atoms with Crippen molar-refractivity contribution in [3.63, 3.8) is 0 Å². The highest BCUT2D eigenvalue weighted by molar-refractivity contribution is 5.85. The minimum atomic E-state index is -0.0287. The van der Waals surface area contributed by atoms with Crippen molar-refractivity contribution in [2.75, 3.05) is 17.2 Å². The molecule has 2 aromatic carbocycles. The minimum Gasteiger partial charge on any atom is -0.382 e. The number of pyridine rings is 1. The fourth-order valence-electron chi connectivity index (χ4n) is 3.56.